The molecule has 60 valence electrons. The molecule has 0 aliphatic rings. The van der Waals surface area contributed by atoms with Crippen LogP contribution in [0.2, 0.25) is 0 Å². The molecule has 1 nitrogen and oxygen atoms in total. The van der Waals surface area contributed by atoms with E-state index in [2.05, 4.69) is 31.0 Å². The lowest BCUT2D eigenvalue weighted by atomic mass is 10.2. The van der Waals surface area contributed by atoms with Crippen molar-refractivity contribution in [2.45, 2.75) is 6.16 Å². The Morgan fingerprint density at radius 1 is 1.18 bits per heavy atom. The van der Waals surface area contributed by atoms with Gasteiger partial charge in [-0.25, -0.2) is 0 Å². The molecule has 0 radical (unpaired) electrons. The van der Waals surface area contributed by atoms with Crippen LogP contribution in [0.25, 0.3) is 0 Å². The van der Waals surface area contributed by atoms with Crippen molar-refractivity contribution in [3.8, 4) is 0 Å². The molecule has 0 spiro atoms. The summed E-state index contributed by atoms with van der Waals surface area (Å²) in [6.07, 6.45) is 0.549. The first kappa shape index (κ1) is 9.50. The van der Waals surface area contributed by atoms with E-state index in [4.69, 9.17) is 0 Å². The molecule has 4 heteroatoms. The monoisotopic (exact) mass is 296 g/mol. The van der Waals surface area contributed by atoms with Gasteiger partial charge in [0.15, 0.2) is 0 Å². The number of benzene rings is 1. The first-order valence-electron chi connectivity index (χ1n) is 3.10. The third-order valence-corrected chi connectivity index (χ3v) is 3.45. The molecule has 0 aromatic heterocycles. The van der Waals surface area contributed by atoms with Gasteiger partial charge in [-0.15, -0.1) is 0 Å². The lowest BCUT2D eigenvalue weighted by Gasteiger charge is -2.01. The summed E-state index contributed by atoms with van der Waals surface area (Å²) in [5.41, 5.74) is 1.07. The Morgan fingerprint density at radius 3 is 2.18 bits per heavy atom. The smallest absolute Gasteiger partial charge is 0.212 e. The van der Waals surface area contributed by atoms with Crippen LogP contribution in [0.3, 0.4) is 0 Å². The normalized spacial score (nSPS) is 11.5. The molecule has 0 fully saturated rings. The van der Waals surface area contributed by atoms with E-state index in [0.29, 0.717) is 6.16 Å². The molecule has 0 aliphatic carbocycles. The maximum atomic E-state index is 11.2. The van der Waals surface area contributed by atoms with E-state index in [9.17, 15) is 4.57 Å². The van der Waals surface area contributed by atoms with Crippen molar-refractivity contribution < 1.29 is 4.57 Å². The van der Waals surface area contributed by atoms with Crippen LogP contribution in [0.5, 0.6) is 0 Å². The Hall–Kier alpha value is 0.410. The van der Waals surface area contributed by atoms with Crippen molar-refractivity contribution in [1.29, 1.82) is 0 Å². The highest BCUT2D eigenvalue weighted by molar-refractivity contribution is 9.70. The predicted molar refractivity (Wildman–Crippen MR) is 55.6 cm³/mol. The molecule has 1 aromatic carbocycles. The van der Waals surface area contributed by atoms with Gasteiger partial charge in [-0.2, -0.15) is 0 Å². The van der Waals surface area contributed by atoms with Crippen LogP contribution in [0, 0.1) is 0 Å². The number of hydrogen-bond acceptors (Lipinski definition) is 1. The van der Waals surface area contributed by atoms with E-state index in [1.54, 1.807) is 0 Å². The highest BCUT2D eigenvalue weighted by atomic mass is 79.9. The molecule has 0 bridgehead atoms. The van der Waals surface area contributed by atoms with Crippen LogP contribution in [0.15, 0.2) is 30.3 Å². The molecule has 0 atom stereocenters. The first-order valence-corrected chi connectivity index (χ1v) is 9.03. The SMILES string of the molecule is O=P(Br)(Br)Cc1ccccc1. The molecule has 0 saturated carbocycles. The van der Waals surface area contributed by atoms with Crippen LogP contribution in [0.4, 0.5) is 0 Å². The third kappa shape index (κ3) is 4.09. The molecular weight excluding hydrogens is 291 g/mol. The highest BCUT2D eigenvalue weighted by Gasteiger charge is 2.11. The summed E-state index contributed by atoms with van der Waals surface area (Å²) in [5, 5.41) is 0. The summed E-state index contributed by atoms with van der Waals surface area (Å²) in [6.45, 7) is 0. The van der Waals surface area contributed by atoms with Crippen LogP contribution in [-0.4, -0.2) is 0 Å². The second kappa shape index (κ2) is 3.88. The van der Waals surface area contributed by atoms with Gasteiger partial charge in [0.05, 0.1) is 0 Å². The van der Waals surface area contributed by atoms with Gasteiger partial charge < -0.3 is 0 Å². The topological polar surface area (TPSA) is 17.1 Å². The lowest BCUT2D eigenvalue weighted by molar-refractivity contribution is 0.594. The fourth-order valence-electron chi connectivity index (χ4n) is 0.796. The fraction of sp³-hybridized carbons (Fsp3) is 0.143. The summed E-state index contributed by atoms with van der Waals surface area (Å²) in [7, 11) is 0. The van der Waals surface area contributed by atoms with Gasteiger partial charge in [-0.05, 0) is 36.5 Å². The first-order chi connectivity index (χ1) is 5.08. The Kier molecular flexibility index (Phi) is 3.35. The fourth-order valence-corrected chi connectivity index (χ4v) is 3.17. The minimum absolute atomic E-state index is 0.549. The average molecular weight is 298 g/mol. The van der Waals surface area contributed by atoms with Gasteiger partial charge in [-0.3, -0.25) is 4.57 Å². The zero-order valence-corrected chi connectivity index (χ0v) is 9.77. The van der Waals surface area contributed by atoms with E-state index in [1.165, 1.54) is 0 Å². The van der Waals surface area contributed by atoms with Crippen LogP contribution < -0.4 is 0 Å². The zero-order valence-electron chi connectivity index (χ0n) is 5.71. The third-order valence-electron chi connectivity index (χ3n) is 1.21. The van der Waals surface area contributed by atoms with Crippen molar-refractivity contribution in [3.63, 3.8) is 0 Å². The molecule has 11 heavy (non-hydrogen) atoms. The van der Waals surface area contributed by atoms with E-state index >= 15 is 0 Å². The van der Waals surface area contributed by atoms with Gasteiger partial charge in [0.25, 0.3) is 0 Å². The largest absolute Gasteiger partial charge is 0.299 e. The molecule has 0 amide bonds. The molecule has 0 saturated heterocycles. The average Bonchev–Trinajstić information content (AvgIpc) is 1.85. The molecular formula is C7H7Br2OP. The van der Waals surface area contributed by atoms with Crippen molar-refractivity contribution >= 4 is 35.5 Å². The summed E-state index contributed by atoms with van der Waals surface area (Å²) >= 11 is 6.17. The molecule has 0 aliphatic heterocycles. The van der Waals surface area contributed by atoms with E-state index in [1.807, 2.05) is 30.3 Å². The van der Waals surface area contributed by atoms with Crippen molar-refractivity contribution in [1.82, 2.24) is 0 Å². The predicted octanol–water partition coefficient (Wildman–Crippen LogP) is 4.17. The van der Waals surface area contributed by atoms with Gasteiger partial charge in [-0.1, -0.05) is 30.3 Å². The van der Waals surface area contributed by atoms with E-state index in [-0.39, 0.29) is 0 Å². The van der Waals surface area contributed by atoms with Gasteiger partial charge in [0, 0.05) is 6.16 Å². The summed E-state index contributed by atoms with van der Waals surface area (Å²) < 4.78 is 8.95. The lowest BCUT2D eigenvalue weighted by Crippen LogP contribution is -1.76. The maximum Gasteiger partial charge on any atom is 0.212 e. The van der Waals surface area contributed by atoms with E-state index in [0.717, 1.165) is 5.56 Å². The van der Waals surface area contributed by atoms with Gasteiger partial charge in [0.1, 0.15) is 0 Å². The standard InChI is InChI=1S/C7H7Br2OP/c8-11(9,10)6-7-4-2-1-3-5-7/h1-5H,6H2. The second-order valence-electron chi connectivity index (χ2n) is 2.21. The van der Waals surface area contributed by atoms with Crippen molar-refractivity contribution in [3.05, 3.63) is 35.9 Å². The minimum atomic E-state index is -2.26. The quantitative estimate of drug-likeness (QED) is 0.749. The van der Waals surface area contributed by atoms with Crippen LogP contribution >= 0.6 is 35.5 Å². The molecule has 0 unspecified atom stereocenters. The number of rotatable bonds is 2. The molecule has 1 rings (SSSR count). The molecule has 0 N–H and O–H groups in total. The van der Waals surface area contributed by atoms with Gasteiger partial charge in [0.2, 0.25) is 4.55 Å². The molecule has 1 aromatic rings. The Bertz CT molecular complexity index is 267. The van der Waals surface area contributed by atoms with Gasteiger partial charge >= 0.3 is 0 Å². The minimum Gasteiger partial charge on any atom is -0.299 e. The van der Waals surface area contributed by atoms with Crippen molar-refractivity contribution in [2.75, 3.05) is 0 Å². The zero-order chi connectivity index (χ0) is 8.32. The maximum absolute atomic E-state index is 11.2. The van der Waals surface area contributed by atoms with Crippen molar-refractivity contribution in [2.24, 2.45) is 0 Å². The number of halogens is 2. The van der Waals surface area contributed by atoms with Crippen LogP contribution in [-0.2, 0) is 10.7 Å². The number of hydrogen-bond donors (Lipinski definition) is 0. The Balaban J connectivity index is 2.74. The summed E-state index contributed by atoms with van der Waals surface area (Å²) in [6, 6.07) is 9.72. The highest BCUT2D eigenvalue weighted by Crippen LogP contribution is 2.63. The molecule has 0 heterocycles. The van der Waals surface area contributed by atoms with E-state index < -0.39 is 4.55 Å². The Morgan fingerprint density at radius 2 is 1.73 bits per heavy atom. The van der Waals surface area contributed by atoms with Crippen LogP contribution in [0.1, 0.15) is 5.56 Å². The summed E-state index contributed by atoms with van der Waals surface area (Å²) in [4.78, 5) is 0. The summed E-state index contributed by atoms with van der Waals surface area (Å²) in [5.74, 6) is 0. The second-order valence-corrected chi connectivity index (χ2v) is 13.4. The Labute approximate surface area is 82.0 Å².